The lowest BCUT2D eigenvalue weighted by molar-refractivity contribution is -0.294. The van der Waals surface area contributed by atoms with Gasteiger partial charge in [-0.25, -0.2) is 4.52 Å². The molecule has 2 aromatic heterocycles. The smallest absolute Gasteiger partial charge is 0.276 e. The molecule has 43 heavy (non-hydrogen) atoms. The maximum absolute atomic E-state index is 12.7. The highest BCUT2D eigenvalue weighted by molar-refractivity contribution is 5.49. The molecule has 0 spiro atoms. The Balaban J connectivity index is 1.40. The molecule has 0 unspecified atom stereocenters. The van der Waals surface area contributed by atoms with Gasteiger partial charge in [0.1, 0.15) is 23.4 Å². The van der Waals surface area contributed by atoms with Crippen molar-refractivity contribution in [2.45, 2.75) is 50.3 Å². The van der Waals surface area contributed by atoms with Crippen molar-refractivity contribution < 1.29 is 24.1 Å². The Labute approximate surface area is 248 Å². The van der Waals surface area contributed by atoms with E-state index in [2.05, 4.69) is 10.1 Å². The monoisotopic (exact) mass is 582 g/mol. The first-order valence-electron chi connectivity index (χ1n) is 14.1. The standard InChI is InChI=1S/C33H34N4O6/c1-32(42-21-25-15-9-4-10-16-25)29(41-20-24-13-7-3-8-14-24)27(22-40-19-23-11-5-2-6-12-23)43-33(32,39)28-18-17-26-30(38)35-31(34)36-37(26)28/h2-18,27,29,39H,19-22H2,1H3,(H3,34,35,36,38)/t27-,29-,32-,33+/m1/s1. The Morgan fingerprint density at radius 3 is 2.09 bits per heavy atom. The van der Waals surface area contributed by atoms with Crippen LogP contribution in [-0.2, 0) is 44.6 Å². The summed E-state index contributed by atoms with van der Waals surface area (Å²) in [5.41, 5.74) is 7.16. The summed E-state index contributed by atoms with van der Waals surface area (Å²) in [5.74, 6) is -2.23. The van der Waals surface area contributed by atoms with Crippen molar-refractivity contribution in [2.24, 2.45) is 0 Å². The third-order valence-electron chi connectivity index (χ3n) is 7.81. The molecule has 0 bridgehead atoms. The Morgan fingerprint density at radius 2 is 1.47 bits per heavy atom. The summed E-state index contributed by atoms with van der Waals surface area (Å²) < 4.78 is 27.0. The molecule has 3 heterocycles. The molecule has 3 aromatic carbocycles. The second-order valence-electron chi connectivity index (χ2n) is 10.8. The lowest BCUT2D eigenvalue weighted by atomic mass is 9.87. The minimum Gasteiger partial charge on any atom is -0.374 e. The molecule has 0 radical (unpaired) electrons. The van der Waals surface area contributed by atoms with Crippen LogP contribution in [0.5, 0.6) is 0 Å². The second-order valence-corrected chi connectivity index (χ2v) is 10.8. The van der Waals surface area contributed by atoms with Crippen LogP contribution in [0, 0.1) is 0 Å². The van der Waals surface area contributed by atoms with E-state index in [4.69, 9.17) is 24.7 Å². The number of aliphatic hydroxyl groups is 1. The zero-order valence-corrected chi connectivity index (χ0v) is 23.8. The van der Waals surface area contributed by atoms with E-state index >= 15 is 0 Å². The highest BCUT2D eigenvalue weighted by atomic mass is 16.7. The van der Waals surface area contributed by atoms with E-state index in [1.54, 1.807) is 19.1 Å². The molecule has 4 atom stereocenters. The predicted molar refractivity (Wildman–Crippen MR) is 160 cm³/mol. The van der Waals surface area contributed by atoms with Gasteiger partial charge in [0.25, 0.3) is 5.56 Å². The summed E-state index contributed by atoms with van der Waals surface area (Å²) in [5, 5.41) is 16.9. The molecule has 1 saturated heterocycles. The molecule has 10 nitrogen and oxygen atoms in total. The van der Waals surface area contributed by atoms with E-state index in [0.717, 1.165) is 16.7 Å². The fourth-order valence-corrected chi connectivity index (χ4v) is 5.54. The number of nitrogens with zero attached hydrogens (tertiary/aromatic N) is 2. The number of aromatic nitrogens is 3. The van der Waals surface area contributed by atoms with Crippen LogP contribution in [0.25, 0.3) is 5.52 Å². The normalized spacial score (nSPS) is 23.6. The van der Waals surface area contributed by atoms with Crippen molar-refractivity contribution in [1.82, 2.24) is 14.6 Å². The van der Waals surface area contributed by atoms with Gasteiger partial charge in [-0.2, -0.15) is 0 Å². The maximum atomic E-state index is 12.7. The number of H-pyrrole nitrogens is 1. The summed E-state index contributed by atoms with van der Waals surface area (Å²) >= 11 is 0. The summed E-state index contributed by atoms with van der Waals surface area (Å²) in [6.45, 7) is 2.59. The summed E-state index contributed by atoms with van der Waals surface area (Å²) in [6, 6.07) is 32.3. The summed E-state index contributed by atoms with van der Waals surface area (Å²) in [4.78, 5) is 15.2. The van der Waals surface area contributed by atoms with E-state index < -0.39 is 29.2 Å². The first-order valence-corrected chi connectivity index (χ1v) is 14.1. The topological polar surface area (TPSA) is 133 Å². The minimum atomic E-state index is -2.12. The Hall–Kier alpha value is -4.32. The third-order valence-corrected chi connectivity index (χ3v) is 7.81. The highest BCUT2D eigenvalue weighted by Gasteiger charge is 2.67. The number of nitrogens with one attached hydrogen (secondary N) is 1. The third kappa shape index (κ3) is 5.71. The van der Waals surface area contributed by atoms with E-state index in [9.17, 15) is 9.90 Å². The van der Waals surface area contributed by atoms with Crippen LogP contribution in [0.2, 0.25) is 0 Å². The van der Waals surface area contributed by atoms with Gasteiger partial charge < -0.3 is 29.8 Å². The van der Waals surface area contributed by atoms with Gasteiger partial charge in [0.15, 0.2) is 5.60 Å². The zero-order valence-electron chi connectivity index (χ0n) is 23.8. The SMILES string of the molecule is C[C@@]1(OCc2ccccc2)[C@H](OCc2ccccc2)[C@@H](COCc2ccccc2)O[C@@]1(O)c1ccc2c(=O)[nH]c(N)nn12. The van der Waals surface area contributed by atoms with Crippen LogP contribution >= 0.6 is 0 Å². The van der Waals surface area contributed by atoms with Crippen molar-refractivity contribution in [3.8, 4) is 0 Å². The summed E-state index contributed by atoms with van der Waals surface area (Å²) in [6.07, 6.45) is -1.56. The summed E-state index contributed by atoms with van der Waals surface area (Å²) in [7, 11) is 0. The van der Waals surface area contributed by atoms with Gasteiger partial charge in [-0.05, 0) is 35.7 Å². The molecule has 0 amide bonds. The molecular weight excluding hydrogens is 548 g/mol. The Morgan fingerprint density at radius 1 is 0.884 bits per heavy atom. The van der Waals surface area contributed by atoms with Gasteiger partial charge in [-0.3, -0.25) is 9.78 Å². The largest absolute Gasteiger partial charge is 0.374 e. The van der Waals surface area contributed by atoms with Crippen molar-refractivity contribution in [3.63, 3.8) is 0 Å². The highest BCUT2D eigenvalue weighted by Crippen LogP contribution is 2.49. The average molecular weight is 583 g/mol. The van der Waals surface area contributed by atoms with Gasteiger partial charge in [0.05, 0.1) is 26.4 Å². The van der Waals surface area contributed by atoms with Crippen LogP contribution in [0.3, 0.4) is 0 Å². The van der Waals surface area contributed by atoms with Crippen LogP contribution < -0.4 is 11.3 Å². The Kier molecular flexibility index (Phi) is 8.11. The lowest BCUT2D eigenvalue weighted by Gasteiger charge is -2.40. The fraction of sp³-hybridized carbons (Fsp3) is 0.273. The van der Waals surface area contributed by atoms with Crippen LogP contribution in [-0.4, -0.2) is 44.1 Å². The number of benzene rings is 3. The van der Waals surface area contributed by atoms with E-state index in [1.807, 2.05) is 91.0 Å². The molecule has 5 aromatic rings. The number of hydrogen-bond acceptors (Lipinski definition) is 8. The molecule has 1 aliphatic rings. The number of fused-ring (bicyclic) bond motifs is 1. The van der Waals surface area contributed by atoms with Crippen molar-refractivity contribution in [2.75, 3.05) is 12.3 Å². The molecule has 4 N–H and O–H groups in total. The Bertz CT molecular complexity index is 1710. The predicted octanol–water partition coefficient (Wildman–Crippen LogP) is 3.93. The number of rotatable bonds is 11. The van der Waals surface area contributed by atoms with Gasteiger partial charge in [0, 0.05) is 0 Å². The average Bonchev–Trinajstić information content (AvgIpc) is 3.54. The quantitative estimate of drug-likeness (QED) is 0.213. The molecule has 10 heteroatoms. The number of nitrogen functional groups attached to an aromatic ring is 1. The van der Waals surface area contributed by atoms with Crippen LogP contribution in [0.1, 0.15) is 29.3 Å². The molecule has 0 aliphatic carbocycles. The van der Waals surface area contributed by atoms with Gasteiger partial charge in [0.2, 0.25) is 11.7 Å². The second kappa shape index (κ2) is 12.1. The number of anilines is 1. The van der Waals surface area contributed by atoms with Gasteiger partial charge in [-0.15, -0.1) is 5.10 Å². The van der Waals surface area contributed by atoms with Crippen LogP contribution in [0.15, 0.2) is 108 Å². The molecule has 6 rings (SSSR count). The van der Waals surface area contributed by atoms with Crippen molar-refractivity contribution in [1.29, 1.82) is 0 Å². The molecule has 1 fully saturated rings. The molecule has 0 saturated carbocycles. The zero-order chi connectivity index (χ0) is 29.9. The minimum absolute atomic E-state index is 0.0976. The number of hydrogen-bond donors (Lipinski definition) is 3. The first-order chi connectivity index (χ1) is 20.9. The van der Waals surface area contributed by atoms with Crippen LogP contribution in [0.4, 0.5) is 5.95 Å². The first kappa shape index (κ1) is 28.8. The number of nitrogens with two attached hydrogens (primary N) is 1. The number of aromatic amines is 1. The van der Waals surface area contributed by atoms with Gasteiger partial charge >= 0.3 is 0 Å². The maximum Gasteiger partial charge on any atom is 0.276 e. The van der Waals surface area contributed by atoms with E-state index in [-0.39, 0.29) is 37.0 Å². The molecular formula is C33H34N4O6. The lowest BCUT2D eigenvalue weighted by Crippen LogP contribution is -2.55. The van der Waals surface area contributed by atoms with Crippen molar-refractivity contribution >= 4 is 11.5 Å². The molecule has 222 valence electrons. The molecule has 1 aliphatic heterocycles. The van der Waals surface area contributed by atoms with E-state index in [0.29, 0.717) is 6.61 Å². The fourth-order valence-electron chi connectivity index (χ4n) is 5.54. The number of ether oxygens (including phenoxy) is 4. The van der Waals surface area contributed by atoms with Crippen molar-refractivity contribution in [3.05, 3.63) is 136 Å². The van der Waals surface area contributed by atoms with Gasteiger partial charge in [-0.1, -0.05) is 91.0 Å². The van der Waals surface area contributed by atoms with E-state index in [1.165, 1.54) is 4.52 Å².